The Balaban J connectivity index is 2.56. The van der Waals surface area contributed by atoms with Crippen LogP contribution in [0.3, 0.4) is 0 Å². The lowest BCUT2D eigenvalue weighted by atomic mass is 10.0. The van der Waals surface area contributed by atoms with Gasteiger partial charge in [-0.25, -0.2) is 4.79 Å². The highest BCUT2D eigenvalue weighted by atomic mass is 16.5. The molecule has 0 bridgehead atoms. The number of unbranched alkanes of at least 4 members (excludes halogenated alkanes) is 3. The number of amides is 1. The number of ether oxygens (including phenoxy) is 2. The Morgan fingerprint density at radius 3 is 2.29 bits per heavy atom. The van der Waals surface area contributed by atoms with Crippen LogP contribution in [0, 0.1) is 0 Å². The van der Waals surface area contributed by atoms with E-state index in [4.69, 9.17) is 14.6 Å². The molecular weight excluding hydrogens is 456 g/mol. The van der Waals surface area contributed by atoms with E-state index in [2.05, 4.69) is 12.2 Å². The molecule has 6 N–H and O–H groups in total. The number of carbonyl (C=O) groups is 1. The zero-order valence-corrected chi connectivity index (χ0v) is 21.0. The number of aliphatic hydroxyl groups is 5. The topological polar surface area (TPSA) is 152 Å². The Hall–Kier alpha value is -1.95. The van der Waals surface area contributed by atoms with Crippen molar-refractivity contribution in [3.63, 3.8) is 0 Å². The molecule has 0 aliphatic carbocycles. The van der Waals surface area contributed by atoms with Gasteiger partial charge in [-0.1, -0.05) is 38.3 Å². The zero-order chi connectivity index (χ0) is 26.1. The molecule has 0 radical (unpaired) electrons. The summed E-state index contributed by atoms with van der Waals surface area (Å²) < 4.78 is 10.4. The molecule has 4 atom stereocenters. The predicted molar refractivity (Wildman–Crippen MR) is 132 cm³/mol. The number of benzene rings is 1. The van der Waals surface area contributed by atoms with E-state index < -0.39 is 37.1 Å². The van der Waals surface area contributed by atoms with E-state index in [1.54, 1.807) is 6.92 Å². The summed E-state index contributed by atoms with van der Waals surface area (Å²) in [6.45, 7) is 5.66. The summed E-state index contributed by atoms with van der Waals surface area (Å²) in [6.07, 6.45) is -1.49. The molecule has 0 aliphatic heterocycles. The summed E-state index contributed by atoms with van der Waals surface area (Å²) in [7, 11) is 0. The summed E-state index contributed by atoms with van der Waals surface area (Å²) in [5, 5.41) is 51.6. The highest BCUT2D eigenvalue weighted by Crippen LogP contribution is 2.14. The number of hydrogen-bond acceptors (Lipinski definition) is 9. The van der Waals surface area contributed by atoms with E-state index in [1.807, 2.05) is 29.2 Å². The Kier molecular flexibility index (Phi) is 16.3. The minimum absolute atomic E-state index is 0.136. The van der Waals surface area contributed by atoms with Gasteiger partial charge in [0.15, 0.2) is 0 Å². The first-order valence-electron chi connectivity index (χ1n) is 12.5. The lowest BCUT2D eigenvalue weighted by Gasteiger charge is -2.30. The second-order valence-corrected chi connectivity index (χ2v) is 8.55. The highest BCUT2D eigenvalue weighted by molar-refractivity contribution is 5.66. The number of hydrogen-bond donors (Lipinski definition) is 6. The molecule has 0 saturated carbocycles. The molecule has 202 valence electrons. The number of alkyl carbamates (subject to hydrolysis) is 1. The maximum absolute atomic E-state index is 11.2. The van der Waals surface area contributed by atoms with Crippen molar-refractivity contribution in [2.24, 2.45) is 0 Å². The van der Waals surface area contributed by atoms with Crippen LogP contribution in [-0.2, 0) is 11.2 Å². The van der Waals surface area contributed by atoms with Gasteiger partial charge < -0.3 is 45.2 Å². The summed E-state index contributed by atoms with van der Waals surface area (Å²) in [5.74, 6) is 0.686. The van der Waals surface area contributed by atoms with Crippen LogP contribution in [0.5, 0.6) is 5.75 Å². The Bertz CT molecular complexity index is 676. The molecular formula is C25H44N2O8. The van der Waals surface area contributed by atoms with Crippen molar-refractivity contribution in [3.05, 3.63) is 29.8 Å². The molecule has 0 saturated heterocycles. The molecule has 35 heavy (non-hydrogen) atoms. The van der Waals surface area contributed by atoms with Gasteiger partial charge in [-0.2, -0.15) is 0 Å². The van der Waals surface area contributed by atoms with Crippen LogP contribution >= 0.6 is 0 Å². The largest absolute Gasteiger partial charge is 0.492 e. The number of nitrogens with one attached hydrogen (secondary N) is 1. The van der Waals surface area contributed by atoms with Gasteiger partial charge in [0.05, 0.1) is 25.9 Å². The number of carbonyl (C=O) groups excluding carboxylic acids is 1. The molecule has 1 aromatic carbocycles. The highest BCUT2D eigenvalue weighted by Gasteiger charge is 2.30. The molecule has 1 rings (SSSR count). The molecule has 0 heterocycles. The fourth-order valence-corrected chi connectivity index (χ4v) is 3.54. The van der Waals surface area contributed by atoms with Crippen LogP contribution in [0.4, 0.5) is 4.79 Å². The van der Waals surface area contributed by atoms with E-state index in [0.717, 1.165) is 37.8 Å². The smallest absolute Gasteiger partial charge is 0.407 e. The first-order chi connectivity index (χ1) is 16.8. The van der Waals surface area contributed by atoms with E-state index in [9.17, 15) is 25.2 Å². The fraction of sp³-hybridized carbons (Fsp3) is 0.720. The SMILES string of the molecule is CCCCCCN(CCc1ccc(OCCNC(=O)OCC)cc1)C[C@H](O)[C@@H](O)[C@H](O)[C@H](O)CO. The summed E-state index contributed by atoms with van der Waals surface area (Å²) in [5.41, 5.74) is 1.08. The number of rotatable bonds is 19. The molecule has 0 spiro atoms. The van der Waals surface area contributed by atoms with Crippen molar-refractivity contribution in [1.82, 2.24) is 10.2 Å². The number of nitrogens with zero attached hydrogens (tertiary/aromatic N) is 1. The van der Waals surface area contributed by atoms with E-state index in [0.29, 0.717) is 38.5 Å². The second kappa shape index (κ2) is 18.3. The fourth-order valence-electron chi connectivity index (χ4n) is 3.54. The summed E-state index contributed by atoms with van der Waals surface area (Å²) in [6, 6.07) is 7.62. The maximum atomic E-state index is 11.2. The van der Waals surface area contributed by atoms with E-state index in [-0.39, 0.29) is 6.54 Å². The number of aliphatic hydroxyl groups excluding tert-OH is 5. The van der Waals surface area contributed by atoms with Crippen molar-refractivity contribution in [3.8, 4) is 5.75 Å². The quantitative estimate of drug-likeness (QED) is 0.151. The van der Waals surface area contributed by atoms with Gasteiger partial charge in [0, 0.05) is 13.1 Å². The summed E-state index contributed by atoms with van der Waals surface area (Å²) >= 11 is 0. The van der Waals surface area contributed by atoms with Crippen molar-refractivity contribution >= 4 is 6.09 Å². The van der Waals surface area contributed by atoms with Gasteiger partial charge in [0.1, 0.15) is 30.7 Å². The van der Waals surface area contributed by atoms with Gasteiger partial charge in [0.25, 0.3) is 0 Å². The van der Waals surface area contributed by atoms with Crippen LogP contribution in [0.25, 0.3) is 0 Å². The molecule has 10 heteroatoms. The third-order valence-electron chi connectivity index (χ3n) is 5.65. The predicted octanol–water partition coefficient (Wildman–Crippen LogP) is 0.672. The van der Waals surface area contributed by atoms with Crippen LogP contribution < -0.4 is 10.1 Å². The van der Waals surface area contributed by atoms with Crippen molar-refractivity contribution < 1.29 is 39.8 Å². The Labute approximate surface area is 208 Å². The van der Waals surface area contributed by atoms with Gasteiger partial charge in [0.2, 0.25) is 0 Å². The van der Waals surface area contributed by atoms with Gasteiger partial charge in [-0.3, -0.25) is 0 Å². The first-order valence-corrected chi connectivity index (χ1v) is 12.5. The van der Waals surface area contributed by atoms with Crippen molar-refractivity contribution in [1.29, 1.82) is 0 Å². The zero-order valence-electron chi connectivity index (χ0n) is 21.0. The average molecular weight is 501 g/mol. The Morgan fingerprint density at radius 1 is 0.971 bits per heavy atom. The molecule has 0 unspecified atom stereocenters. The first kappa shape index (κ1) is 31.1. The van der Waals surface area contributed by atoms with Crippen molar-refractivity contribution in [2.45, 2.75) is 70.4 Å². The minimum atomic E-state index is -1.63. The van der Waals surface area contributed by atoms with Gasteiger partial charge in [-0.05, 0) is 44.0 Å². The molecule has 0 fully saturated rings. The van der Waals surface area contributed by atoms with Crippen LogP contribution in [-0.4, -0.2) is 107 Å². The van der Waals surface area contributed by atoms with Crippen LogP contribution in [0.2, 0.25) is 0 Å². The van der Waals surface area contributed by atoms with E-state index in [1.165, 1.54) is 0 Å². The molecule has 1 amide bonds. The van der Waals surface area contributed by atoms with E-state index >= 15 is 0 Å². The average Bonchev–Trinajstić information content (AvgIpc) is 2.86. The van der Waals surface area contributed by atoms with Crippen LogP contribution in [0.15, 0.2) is 24.3 Å². The molecule has 0 aliphatic rings. The normalized spacial score (nSPS) is 14.9. The lowest BCUT2D eigenvalue weighted by Crippen LogP contribution is -2.50. The second-order valence-electron chi connectivity index (χ2n) is 8.55. The standard InChI is InChI=1S/C25H44N2O8/c1-3-5-6-7-14-27(17-21(29)23(31)24(32)22(30)18-28)15-12-19-8-10-20(11-9-19)35-16-13-26-25(33)34-4-2/h8-11,21-24,28-32H,3-7,12-18H2,1-2H3,(H,26,33)/t21-,22+,23+,24+/m0/s1. The third-order valence-corrected chi connectivity index (χ3v) is 5.65. The molecule has 0 aromatic heterocycles. The lowest BCUT2D eigenvalue weighted by molar-refractivity contribution is -0.119. The third kappa shape index (κ3) is 13.1. The maximum Gasteiger partial charge on any atom is 0.407 e. The Morgan fingerprint density at radius 2 is 1.66 bits per heavy atom. The van der Waals surface area contributed by atoms with Crippen LogP contribution in [0.1, 0.15) is 45.1 Å². The molecule has 1 aromatic rings. The monoisotopic (exact) mass is 500 g/mol. The summed E-state index contributed by atoms with van der Waals surface area (Å²) in [4.78, 5) is 13.3. The van der Waals surface area contributed by atoms with Crippen molar-refractivity contribution in [2.75, 3.05) is 46.0 Å². The minimum Gasteiger partial charge on any atom is -0.492 e. The van der Waals surface area contributed by atoms with Gasteiger partial charge >= 0.3 is 6.09 Å². The van der Waals surface area contributed by atoms with Gasteiger partial charge in [-0.15, -0.1) is 0 Å². The molecule has 10 nitrogen and oxygen atoms in total.